The molecule has 0 aliphatic carbocycles. The van der Waals surface area contributed by atoms with Gasteiger partial charge in [0.1, 0.15) is 18.9 Å². The molecule has 2 heterocycles. The number of amides is 2. The topological polar surface area (TPSA) is 49.9 Å². The Balaban J connectivity index is 1.56. The van der Waals surface area contributed by atoms with Gasteiger partial charge in [0.25, 0.3) is 5.91 Å². The minimum atomic E-state index is -0.197. The molecule has 1 aliphatic rings. The van der Waals surface area contributed by atoms with Crippen LogP contribution in [0.2, 0.25) is 5.02 Å². The molecule has 184 valence electrons. The summed E-state index contributed by atoms with van der Waals surface area (Å²) in [5, 5.41) is 2.58. The Morgan fingerprint density at radius 2 is 2.00 bits per heavy atom. The summed E-state index contributed by atoms with van der Waals surface area (Å²) in [4.78, 5) is 31.9. The van der Waals surface area contributed by atoms with Gasteiger partial charge in [0.15, 0.2) is 0 Å². The monoisotopic (exact) mass is 510 g/mol. The Bertz CT molecular complexity index is 1190. The third-order valence-electron chi connectivity index (χ3n) is 6.67. The lowest BCUT2D eigenvalue weighted by Gasteiger charge is -2.38. The predicted octanol–water partition coefficient (Wildman–Crippen LogP) is 6.16. The van der Waals surface area contributed by atoms with Crippen molar-refractivity contribution in [2.75, 3.05) is 19.7 Å². The average Bonchev–Trinajstić information content (AvgIpc) is 3.35. The second-order valence-electron chi connectivity index (χ2n) is 8.93. The highest BCUT2D eigenvalue weighted by molar-refractivity contribution is 7.10. The van der Waals surface area contributed by atoms with E-state index >= 15 is 0 Å². The number of carbonyl (C=O) groups excluding carboxylic acids is 2. The molecule has 2 amide bonds. The molecule has 0 saturated carbocycles. The van der Waals surface area contributed by atoms with Crippen LogP contribution in [0.1, 0.15) is 52.7 Å². The lowest BCUT2D eigenvalue weighted by atomic mass is 10.00. The van der Waals surface area contributed by atoms with Crippen LogP contribution in [-0.2, 0) is 11.2 Å². The van der Waals surface area contributed by atoms with Crippen LogP contribution in [0.5, 0.6) is 5.75 Å². The maximum atomic E-state index is 13.7. The smallest absolute Gasteiger partial charge is 0.254 e. The zero-order valence-corrected chi connectivity index (χ0v) is 21.9. The second-order valence-corrected chi connectivity index (χ2v) is 10.4. The Morgan fingerprint density at radius 3 is 2.74 bits per heavy atom. The summed E-state index contributed by atoms with van der Waals surface area (Å²) in [5.41, 5.74) is 2.69. The van der Waals surface area contributed by atoms with Crippen LogP contribution in [0, 0.1) is 6.92 Å². The predicted molar refractivity (Wildman–Crippen MR) is 141 cm³/mol. The van der Waals surface area contributed by atoms with E-state index in [4.69, 9.17) is 16.3 Å². The molecule has 35 heavy (non-hydrogen) atoms. The van der Waals surface area contributed by atoms with Crippen molar-refractivity contribution in [2.45, 2.75) is 45.7 Å². The van der Waals surface area contributed by atoms with Crippen LogP contribution >= 0.6 is 22.9 Å². The SMILES string of the molecule is CC[C@@H](C)N(CC(=O)N1CCc2sccc2[C@@H]1COc1ccccc1C)C(=O)c1cccc(Cl)c1. The number of para-hydroxylation sites is 1. The van der Waals surface area contributed by atoms with E-state index in [0.717, 1.165) is 29.7 Å². The van der Waals surface area contributed by atoms with Crippen LogP contribution in [0.15, 0.2) is 60.0 Å². The fourth-order valence-electron chi connectivity index (χ4n) is 4.43. The summed E-state index contributed by atoms with van der Waals surface area (Å²) in [6.45, 7) is 6.99. The molecule has 0 saturated heterocycles. The third-order valence-corrected chi connectivity index (χ3v) is 7.90. The first-order chi connectivity index (χ1) is 16.9. The maximum Gasteiger partial charge on any atom is 0.254 e. The van der Waals surface area contributed by atoms with Gasteiger partial charge in [0, 0.05) is 28.0 Å². The van der Waals surface area contributed by atoms with Crippen LogP contribution in [0.3, 0.4) is 0 Å². The lowest BCUT2D eigenvalue weighted by Crippen LogP contribution is -2.49. The van der Waals surface area contributed by atoms with Crippen molar-refractivity contribution in [1.82, 2.24) is 9.80 Å². The van der Waals surface area contributed by atoms with Gasteiger partial charge in [-0.3, -0.25) is 9.59 Å². The molecular weight excluding hydrogens is 480 g/mol. The van der Waals surface area contributed by atoms with Crippen molar-refractivity contribution in [2.24, 2.45) is 0 Å². The molecule has 2 atom stereocenters. The van der Waals surface area contributed by atoms with Crippen molar-refractivity contribution in [3.8, 4) is 5.75 Å². The molecule has 0 N–H and O–H groups in total. The summed E-state index contributed by atoms with van der Waals surface area (Å²) in [7, 11) is 0. The maximum absolute atomic E-state index is 13.7. The molecule has 0 radical (unpaired) electrons. The van der Waals surface area contributed by atoms with Crippen molar-refractivity contribution in [1.29, 1.82) is 0 Å². The molecule has 7 heteroatoms. The van der Waals surface area contributed by atoms with Gasteiger partial charge in [-0.2, -0.15) is 0 Å². The van der Waals surface area contributed by atoms with E-state index in [9.17, 15) is 9.59 Å². The van der Waals surface area contributed by atoms with Gasteiger partial charge in [-0.25, -0.2) is 0 Å². The van der Waals surface area contributed by atoms with Crippen molar-refractivity contribution in [3.63, 3.8) is 0 Å². The van der Waals surface area contributed by atoms with Crippen molar-refractivity contribution >= 4 is 34.8 Å². The molecule has 0 unspecified atom stereocenters. The van der Waals surface area contributed by atoms with Crippen molar-refractivity contribution in [3.05, 3.63) is 86.6 Å². The summed E-state index contributed by atoms with van der Waals surface area (Å²) >= 11 is 7.85. The Hall–Kier alpha value is -2.83. The van der Waals surface area contributed by atoms with Crippen LogP contribution in [-0.4, -0.2) is 47.4 Å². The first-order valence-corrected chi connectivity index (χ1v) is 13.3. The fourth-order valence-corrected chi connectivity index (χ4v) is 5.55. The van der Waals surface area contributed by atoms with Gasteiger partial charge in [-0.15, -0.1) is 11.3 Å². The van der Waals surface area contributed by atoms with Crippen molar-refractivity contribution < 1.29 is 14.3 Å². The van der Waals surface area contributed by atoms with Crippen LogP contribution in [0.25, 0.3) is 0 Å². The highest BCUT2D eigenvalue weighted by Crippen LogP contribution is 2.34. The van der Waals surface area contributed by atoms with Gasteiger partial charge in [0.05, 0.1) is 6.04 Å². The van der Waals surface area contributed by atoms with Gasteiger partial charge >= 0.3 is 0 Å². The Morgan fingerprint density at radius 1 is 1.20 bits per heavy atom. The molecule has 1 aromatic heterocycles. The first-order valence-electron chi connectivity index (χ1n) is 12.0. The number of carbonyl (C=O) groups is 2. The van der Waals surface area contributed by atoms with E-state index in [0.29, 0.717) is 23.7 Å². The summed E-state index contributed by atoms with van der Waals surface area (Å²) < 4.78 is 6.20. The normalized spacial score (nSPS) is 15.9. The molecule has 3 aromatic rings. The van der Waals surface area contributed by atoms with Gasteiger partial charge in [-0.05, 0) is 73.5 Å². The Labute approximate surface area is 216 Å². The van der Waals surface area contributed by atoms with Gasteiger partial charge in [0.2, 0.25) is 5.91 Å². The van der Waals surface area contributed by atoms with E-state index < -0.39 is 0 Å². The highest BCUT2D eigenvalue weighted by atomic mass is 35.5. The van der Waals surface area contributed by atoms with E-state index in [1.165, 1.54) is 4.88 Å². The Kier molecular flexibility index (Phi) is 8.14. The zero-order chi connectivity index (χ0) is 24.9. The average molecular weight is 511 g/mol. The number of aryl methyl sites for hydroxylation is 1. The van der Waals surface area contributed by atoms with E-state index in [1.807, 2.05) is 49.9 Å². The standard InChI is InChI=1S/C28H31ClN2O3S/c1-4-20(3)31(28(33)21-9-7-10-22(29)16-21)17-27(32)30-14-12-26-23(13-15-35-26)24(30)18-34-25-11-6-5-8-19(25)2/h5-11,13,15-16,20,24H,4,12,14,17-18H2,1-3H3/t20-,24+/m1/s1. The molecule has 0 bridgehead atoms. The molecule has 5 nitrogen and oxygen atoms in total. The lowest BCUT2D eigenvalue weighted by molar-refractivity contribution is -0.136. The van der Waals surface area contributed by atoms with E-state index in [1.54, 1.807) is 40.5 Å². The number of benzene rings is 2. The third kappa shape index (κ3) is 5.71. The summed E-state index contributed by atoms with van der Waals surface area (Å²) in [5.74, 6) is 0.562. The molecule has 1 aliphatic heterocycles. The number of rotatable bonds is 8. The minimum absolute atomic E-state index is 0.0146. The number of nitrogens with zero attached hydrogens (tertiary/aromatic N) is 2. The number of ether oxygens (including phenoxy) is 1. The molecule has 0 spiro atoms. The number of halogens is 1. The summed E-state index contributed by atoms with van der Waals surface area (Å²) in [6.07, 6.45) is 1.55. The first kappa shape index (κ1) is 25.3. The minimum Gasteiger partial charge on any atom is -0.491 e. The second kappa shape index (κ2) is 11.3. The molecule has 0 fully saturated rings. The number of hydrogen-bond donors (Lipinski definition) is 0. The molecule has 2 aromatic carbocycles. The largest absolute Gasteiger partial charge is 0.491 e. The number of fused-ring (bicyclic) bond motifs is 1. The van der Waals surface area contributed by atoms with Gasteiger partial charge in [-0.1, -0.05) is 42.8 Å². The number of hydrogen-bond acceptors (Lipinski definition) is 4. The molecular formula is C28H31ClN2O3S. The molecule has 4 rings (SSSR count). The number of thiophene rings is 1. The van der Waals surface area contributed by atoms with Gasteiger partial charge < -0.3 is 14.5 Å². The quantitative estimate of drug-likeness (QED) is 0.365. The van der Waals surface area contributed by atoms with E-state index in [-0.39, 0.29) is 30.4 Å². The van der Waals surface area contributed by atoms with Crippen LogP contribution in [0.4, 0.5) is 0 Å². The van der Waals surface area contributed by atoms with E-state index in [2.05, 4.69) is 11.4 Å². The zero-order valence-electron chi connectivity index (χ0n) is 20.4. The fraction of sp³-hybridized carbons (Fsp3) is 0.357. The summed E-state index contributed by atoms with van der Waals surface area (Å²) in [6, 6.07) is 16.6. The van der Waals surface area contributed by atoms with Crippen LogP contribution < -0.4 is 4.74 Å². The highest BCUT2D eigenvalue weighted by Gasteiger charge is 2.34.